The van der Waals surface area contributed by atoms with Crippen molar-refractivity contribution >= 4 is 5.78 Å². The van der Waals surface area contributed by atoms with Gasteiger partial charge in [-0.05, 0) is 45.4 Å². The van der Waals surface area contributed by atoms with Gasteiger partial charge in [-0.1, -0.05) is 0 Å². The molecule has 0 heterocycles. The molecular weight excluding hydrogens is 235 g/mol. The zero-order valence-corrected chi connectivity index (χ0v) is 11.2. The van der Waals surface area contributed by atoms with Gasteiger partial charge >= 0.3 is 0 Å². The number of hydrogen-bond acceptors (Lipinski definition) is 3. The standard InChI is InChI=1S/C14H19FO3/c1-5-17-8-10(3)18-14-6-9(2)13(15)7-12(14)11(4)16/h6-7,10H,5,8H2,1-4H3. The zero-order chi connectivity index (χ0) is 13.7. The van der Waals surface area contributed by atoms with Gasteiger partial charge in [0.05, 0.1) is 12.2 Å². The fraction of sp³-hybridized carbons (Fsp3) is 0.500. The van der Waals surface area contributed by atoms with Gasteiger partial charge in [-0.15, -0.1) is 0 Å². The molecule has 3 nitrogen and oxygen atoms in total. The molecule has 1 unspecified atom stereocenters. The summed E-state index contributed by atoms with van der Waals surface area (Å²) in [4.78, 5) is 11.4. The maximum absolute atomic E-state index is 13.4. The molecule has 0 aliphatic heterocycles. The van der Waals surface area contributed by atoms with Crippen molar-refractivity contribution in [1.82, 2.24) is 0 Å². The first-order valence-electron chi connectivity index (χ1n) is 6.01. The number of Topliss-reactive ketones (excluding diaryl/α,β-unsaturated/α-hetero) is 1. The van der Waals surface area contributed by atoms with Gasteiger partial charge in [-0.3, -0.25) is 4.79 Å². The lowest BCUT2D eigenvalue weighted by molar-refractivity contribution is 0.0647. The predicted octanol–water partition coefficient (Wildman–Crippen LogP) is 3.14. The Bertz CT molecular complexity index is 429. The van der Waals surface area contributed by atoms with Crippen LogP contribution in [0.4, 0.5) is 4.39 Å². The SMILES string of the molecule is CCOCC(C)Oc1cc(C)c(F)cc1C(C)=O. The van der Waals surface area contributed by atoms with Crippen LogP contribution in [0.3, 0.4) is 0 Å². The lowest BCUT2D eigenvalue weighted by atomic mass is 10.1. The van der Waals surface area contributed by atoms with E-state index in [4.69, 9.17) is 9.47 Å². The van der Waals surface area contributed by atoms with Gasteiger partial charge < -0.3 is 9.47 Å². The first-order valence-corrected chi connectivity index (χ1v) is 6.01. The highest BCUT2D eigenvalue weighted by Gasteiger charge is 2.14. The van der Waals surface area contributed by atoms with Crippen molar-refractivity contribution in [2.45, 2.75) is 33.8 Å². The Labute approximate surface area is 107 Å². The van der Waals surface area contributed by atoms with Crippen LogP contribution in [0.25, 0.3) is 0 Å². The molecule has 0 saturated carbocycles. The molecule has 0 saturated heterocycles. The summed E-state index contributed by atoms with van der Waals surface area (Å²) >= 11 is 0. The van der Waals surface area contributed by atoms with Gasteiger partial charge in [0.15, 0.2) is 5.78 Å². The summed E-state index contributed by atoms with van der Waals surface area (Å²) in [6.45, 7) is 7.82. The molecule has 0 radical (unpaired) electrons. The number of carbonyl (C=O) groups excluding carboxylic acids is 1. The lowest BCUT2D eigenvalue weighted by Crippen LogP contribution is -2.20. The van der Waals surface area contributed by atoms with E-state index in [0.717, 1.165) is 0 Å². The molecule has 1 aromatic carbocycles. The third-order valence-corrected chi connectivity index (χ3v) is 2.52. The van der Waals surface area contributed by atoms with E-state index in [2.05, 4.69) is 0 Å². The quantitative estimate of drug-likeness (QED) is 0.732. The van der Waals surface area contributed by atoms with E-state index < -0.39 is 5.82 Å². The van der Waals surface area contributed by atoms with Crippen molar-refractivity contribution in [2.75, 3.05) is 13.2 Å². The molecule has 1 aromatic rings. The van der Waals surface area contributed by atoms with Crippen molar-refractivity contribution < 1.29 is 18.7 Å². The minimum absolute atomic E-state index is 0.187. The topological polar surface area (TPSA) is 35.5 Å². The maximum atomic E-state index is 13.4. The summed E-state index contributed by atoms with van der Waals surface area (Å²) in [5.41, 5.74) is 0.722. The van der Waals surface area contributed by atoms with Crippen LogP contribution in [-0.2, 0) is 4.74 Å². The average Bonchev–Trinajstić information content (AvgIpc) is 2.30. The van der Waals surface area contributed by atoms with Crippen LogP contribution in [0, 0.1) is 12.7 Å². The molecule has 0 aliphatic rings. The lowest BCUT2D eigenvalue weighted by Gasteiger charge is -2.17. The first-order chi connectivity index (χ1) is 8.45. The van der Waals surface area contributed by atoms with E-state index >= 15 is 0 Å². The van der Waals surface area contributed by atoms with E-state index in [-0.39, 0.29) is 17.5 Å². The number of benzene rings is 1. The van der Waals surface area contributed by atoms with Gasteiger partial charge in [0, 0.05) is 6.61 Å². The molecule has 1 atom stereocenters. The molecule has 1 rings (SSSR count). The molecule has 0 fully saturated rings. The number of halogens is 1. The van der Waals surface area contributed by atoms with Crippen molar-refractivity contribution in [3.63, 3.8) is 0 Å². The minimum atomic E-state index is -0.398. The van der Waals surface area contributed by atoms with Crippen molar-refractivity contribution in [3.8, 4) is 5.75 Å². The fourth-order valence-corrected chi connectivity index (χ4v) is 1.56. The second-order valence-electron chi connectivity index (χ2n) is 4.24. The number of carbonyl (C=O) groups is 1. The highest BCUT2D eigenvalue weighted by molar-refractivity contribution is 5.96. The highest BCUT2D eigenvalue weighted by Crippen LogP contribution is 2.24. The second-order valence-corrected chi connectivity index (χ2v) is 4.24. The summed E-state index contributed by atoms with van der Waals surface area (Å²) < 4.78 is 24.3. The van der Waals surface area contributed by atoms with E-state index in [1.54, 1.807) is 13.0 Å². The van der Waals surface area contributed by atoms with Crippen LogP contribution in [0.1, 0.15) is 36.7 Å². The molecule has 0 amide bonds. The van der Waals surface area contributed by atoms with Gasteiger partial charge in [-0.2, -0.15) is 0 Å². The molecule has 0 spiro atoms. The van der Waals surface area contributed by atoms with Crippen LogP contribution < -0.4 is 4.74 Å². The normalized spacial score (nSPS) is 12.3. The Morgan fingerprint density at radius 1 is 1.44 bits per heavy atom. The van der Waals surface area contributed by atoms with Crippen LogP contribution in [0.2, 0.25) is 0 Å². The molecule has 0 N–H and O–H groups in total. The zero-order valence-electron chi connectivity index (χ0n) is 11.2. The van der Waals surface area contributed by atoms with E-state index in [9.17, 15) is 9.18 Å². The maximum Gasteiger partial charge on any atom is 0.163 e. The molecular formula is C14H19FO3. The minimum Gasteiger partial charge on any atom is -0.488 e. The Hall–Kier alpha value is -1.42. The van der Waals surface area contributed by atoms with Crippen molar-refractivity contribution in [1.29, 1.82) is 0 Å². The monoisotopic (exact) mass is 254 g/mol. The van der Waals surface area contributed by atoms with Crippen LogP contribution in [0.15, 0.2) is 12.1 Å². The van der Waals surface area contributed by atoms with Gasteiger partial charge in [0.1, 0.15) is 17.7 Å². The third kappa shape index (κ3) is 3.81. The predicted molar refractivity (Wildman–Crippen MR) is 67.7 cm³/mol. The van der Waals surface area contributed by atoms with Crippen molar-refractivity contribution in [3.05, 3.63) is 29.1 Å². The Morgan fingerprint density at radius 3 is 2.67 bits per heavy atom. The first kappa shape index (κ1) is 14.6. The van der Waals surface area contributed by atoms with E-state index in [1.165, 1.54) is 13.0 Å². The third-order valence-electron chi connectivity index (χ3n) is 2.52. The highest BCUT2D eigenvalue weighted by atomic mass is 19.1. The second kappa shape index (κ2) is 6.50. The fourth-order valence-electron chi connectivity index (χ4n) is 1.56. The van der Waals surface area contributed by atoms with Crippen molar-refractivity contribution in [2.24, 2.45) is 0 Å². The smallest absolute Gasteiger partial charge is 0.163 e. The molecule has 18 heavy (non-hydrogen) atoms. The molecule has 0 aliphatic carbocycles. The Morgan fingerprint density at radius 2 is 2.11 bits per heavy atom. The molecule has 0 aromatic heterocycles. The van der Waals surface area contributed by atoms with E-state index in [0.29, 0.717) is 24.5 Å². The molecule has 4 heteroatoms. The summed E-state index contributed by atoms with van der Waals surface area (Å²) in [7, 11) is 0. The number of hydrogen-bond donors (Lipinski definition) is 0. The number of ether oxygens (including phenoxy) is 2. The summed E-state index contributed by atoms with van der Waals surface area (Å²) in [6.07, 6.45) is -0.187. The number of ketones is 1. The largest absolute Gasteiger partial charge is 0.488 e. The Balaban J connectivity index is 2.93. The van der Waals surface area contributed by atoms with Crippen LogP contribution in [0.5, 0.6) is 5.75 Å². The molecule has 0 bridgehead atoms. The van der Waals surface area contributed by atoms with Gasteiger partial charge in [0.2, 0.25) is 0 Å². The van der Waals surface area contributed by atoms with Gasteiger partial charge in [0.25, 0.3) is 0 Å². The Kier molecular flexibility index (Phi) is 5.28. The summed E-state index contributed by atoms with van der Waals surface area (Å²) in [5.74, 6) is -0.203. The van der Waals surface area contributed by atoms with Crippen LogP contribution >= 0.6 is 0 Å². The molecule has 100 valence electrons. The van der Waals surface area contributed by atoms with Gasteiger partial charge in [-0.25, -0.2) is 4.39 Å². The van der Waals surface area contributed by atoms with E-state index in [1.807, 2.05) is 13.8 Å². The number of rotatable bonds is 6. The summed E-state index contributed by atoms with van der Waals surface area (Å²) in [6, 6.07) is 2.77. The average molecular weight is 254 g/mol. The van der Waals surface area contributed by atoms with Crippen LogP contribution in [-0.4, -0.2) is 25.1 Å². The summed E-state index contributed by atoms with van der Waals surface area (Å²) in [5, 5.41) is 0. The number of aryl methyl sites for hydroxylation is 1.